The highest BCUT2D eigenvalue weighted by Crippen LogP contribution is 2.10. The first kappa shape index (κ1) is 16.5. The second kappa shape index (κ2) is 7.89. The average Bonchev–Trinajstić information content (AvgIpc) is 2.95. The van der Waals surface area contributed by atoms with Crippen molar-refractivity contribution in [1.29, 1.82) is 0 Å². The maximum atomic E-state index is 12.2. The van der Waals surface area contributed by atoms with Crippen LogP contribution in [0, 0.1) is 6.92 Å². The average molecular weight is 302 g/mol. The fourth-order valence-electron chi connectivity index (χ4n) is 2.00. The number of hydrogen-bond acceptors (Lipinski definition) is 3. The van der Waals surface area contributed by atoms with Crippen LogP contribution in [0.4, 0.5) is 10.1 Å². The fraction of sp³-hybridized carbons (Fsp3) is 0.538. The Labute approximate surface area is 124 Å². The minimum Gasteiger partial charge on any atom is -0.377 e. The van der Waals surface area contributed by atoms with E-state index in [0.717, 1.165) is 30.0 Å². The monoisotopic (exact) mass is 301 g/mol. The number of aromatic nitrogens is 4. The fourth-order valence-corrected chi connectivity index (χ4v) is 2.00. The Morgan fingerprint density at radius 3 is 2.85 bits per heavy atom. The van der Waals surface area contributed by atoms with E-state index >= 15 is 0 Å². The quantitative estimate of drug-likeness (QED) is 0.855. The lowest BCUT2D eigenvalue weighted by Gasteiger charge is -2.06. The van der Waals surface area contributed by atoms with E-state index in [-0.39, 0.29) is 12.4 Å². The molecule has 0 saturated heterocycles. The molecule has 0 atom stereocenters. The molecule has 0 aromatic carbocycles. The molecule has 2 aromatic rings. The van der Waals surface area contributed by atoms with Crippen LogP contribution in [0.1, 0.15) is 24.7 Å². The molecule has 5 nitrogen and oxygen atoms in total. The second-order valence-corrected chi connectivity index (χ2v) is 4.53. The first-order chi connectivity index (χ1) is 9.22. The summed E-state index contributed by atoms with van der Waals surface area (Å²) in [5.74, 6) is 0. The van der Waals surface area contributed by atoms with E-state index in [2.05, 4.69) is 28.5 Å². The molecular weight excluding hydrogens is 281 g/mol. The van der Waals surface area contributed by atoms with Crippen molar-refractivity contribution in [3.8, 4) is 0 Å². The third-order valence-electron chi connectivity index (χ3n) is 2.84. The molecule has 0 aliphatic heterocycles. The van der Waals surface area contributed by atoms with Gasteiger partial charge in [0.15, 0.2) is 0 Å². The lowest BCUT2D eigenvalue weighted by atomic mass is 10.3. The number of alkyl halides is 1. The normalized spacial score (nSPS) is 10.3. The Bertz CT molecular complexity index is 523. The smallest absolute Gasteiger partial charge is 0.109 e. The third-order valence-corrected chi connectivity index (χ3v) is 2.84. The molecule has 0 radical (unpaired) electrons. The number of anilines is 1. The summed E-state index contributed by atoms with van der Waals surface area (Å²) in [5.41, 5.74) is 3.08. The summed E-state index contributed by atoms with van der Waals surface area (Å²) < 4.78 is 15.8. The van der Waals surface area contributed by atoms with Crippen molar-refractivity contribution in [3.05, 3.63) is 29.8 Å². The molecule has 2 rings (SSSR count). The van der Waals surface area contributed by atoms with Crippen LogP contribution >= 0.6 is 12.4 Å². The summed E-state index contributed by atoms with van der Waals surface area (Å²) >= 11 is 0. The van der Waals surface area contributed by atoms with Crippen LogP contribution in [0.15, 0.2) is 18.5 Å². The summed E-state index contributed by atoms with van der Waals surface area (Å²) in [6, 6.07) is 2.08. The van der Waals surface area contributed by atoms with Crippen LogP contribution in [0.25, 0.3) is 0 Å². The lowest BCUT2D eigenvalue weighted by Crippen LogP contribution is -2.08. The van der Waals surface area contributed by atoms with Gasteiger partial charge in [-0.25, -0.2) is 4.39 Å². The van der Waals surface area contributed by atoms with Crippen LogP contribution in [0.2, 0.25) is 0 Å². The summed E-state index contributed by atoms with van der Waals surface area (Å²) in [4.78, 5) is 0. The maximum absolute atomic E-state index is 12.2. The van der Waals surface area contributed by atoms with Crippen molar-refractivity contribution in [3.63, 3.8) is 0 Å². The van der Waals surface area contributed by atoms with Gasteiger partial charge in [-0.05, 0) is 19.4 Å². The highest BCUT2D eigenvalue weighted by molar-refractivity contribution is 5.85. The molecule has 1 N–H and O–H groups in total. The molecule has 2 aromatic heterocycles. The summed E-state index contributed by atoms with van der Waals surface area (Å²) in [5, 5.41) is 11.8. The molecule has 0 aliphatic rings. The van der Waals surface area contributed by atoms with Crippen molar-refractivity contribution < 1.29 is 4.39 Å². The zero-order valence-corrected chi connectivity index (χ0v) is 12.7. The molecular formula is C13H21ClFN5. The third kappa shape index (κ3) is 4.23. The molecule has 0 amide bonds. The highest BCUT2D eigenvalue weighted by Gasteiger charge is 2.05. The zero-order chi connectivity index (χ0) is 13.7. The second-order valence-electron chi connectivity index (χ2n) is 4.53. The van der Waals surface area contributed by atoms with Crippen LogP contribution in [-0.2, 0) is 19.6 Å². The molecule has 0 fully saturated rings. The number of hydrogen-bond donors (Lipinski definition) is 1. The van der Waals surface area contributed by atoms with E-state index in [1.54, 1.807) is 10.9 Å². The molecule has 112 valence electrons. The van der Waals surface area contributed by atoms with Gasteiger partial charge in [-0.15, -0.1) is 12.4 Å². The Kier molecular flexibility index (Phi) is 6.51. The molecule has 0 saturated carbocycles. The number of nitrogens with zero attached hydrogens (tertiary/aromatic N) is 4. The predicted molar refractivity (Wildman–Crippen MR) is 80.0 cm³/mol. The predicted octanol–water partition coefficient (Wildman–Crippen LogP) is 2.80. The van der Waals surface area contributed by atoms with E-state index < -0.39 is 6.67 Å². The molecule has 0 spiro atoms. The van der Waals surface area contributed by atoms with Gasteiger partial charge in [-0.1, -0.05) is 6.92 Å². The molecule has 0 bridgehead atoms. The van der Waals surface area contributed by atoms with Gasteiger partial charge in [-0.3, -0.25) is 9.36 Å². The van der Waals surface area contributed by atoms with Crippen LogP contribution in [0.3, 0.4) is 0 Å². The topological polar surface area (TPSA) is 47.7 Å². The van der Waals surface area contributed by atoms with Gasteiger partial charge in [0.2, 0.25) is 0 Å². The zero-order valence-electron chi connectivity index (χ0n) is 11.8. The van der Waals surface area contributed by atoms with Gasteiger partial charge >= 0.3 is 0 Å². The lowest BCUT2D eigenvalue weighted by molar-refractivity contribution is 0.427. The molecule has 0 aliphatic carbocycles. The van der Waals surface area contributed by atoms with Gasteiger partial charge < -0.3 is 5.32 Å². The van der Waals surface area contributed by atoms with Crippen molar-refractivity contribution in [2.45, 2.75) is 39.9 Å². The Balaban J connectivity index is 0.00000200. The van der Waals surface area contributed by atoms with Crippen LogP contribution in [0.5, 0.6) is 0 Å². The van der Waals surface area contributed by atoms with E-state index in [4.69, 9.17) is 0 Å². The summed E-state index contributed by atoms with van der Waals surface area (Å²) in [6.07, 6.45) is 4.58. The highest BCUT2D eigenvalue weighted by atomic mass is 35.5. The van der Waals surface area contributed by atoms with Crippen molar-refractivity contribution >= 4 is 18.1 Å². The first-order valence-corrected chi connectivity index (χ1v) is 6.58. The maximum Gasteiger partial charge on any atom is 0.109 e. The summed E-state index contributed by atoms with van der Waals surface area (Å²) in [7, 11) is 0. The Morgan fingerprint density at radius 2 is 2.15 bits per heavy atom. The Morgan fingerprint density at radius 1 is 1.35 bits per heavy atom. The summed E-state index contributed by atoms with van der Waals surface area (Å²) in [6.45, 7) is 5.65. The van der Waals surface area contributed by atoms with Gasteiger partial charge in [0.05, 0.1) is 36.4 Å². The van der Waals surface area contributed by atoms with Crippen molar-refractivity contribution in [1.82, 2.24) is 19.6 Å². The first-order valence-electron chi connectivity index (χ1n) is 6.58. The molecule has 2 heterocycles. The Hall–Kier alpha value is -1.56. The van der Waals surface area contributed by atoms with Gasteiger partial charge in [0, 0.05) is 12.7 Å². The minimum absolute atomic E-state index is 0. The van der Waals surface area contributed by atoms with Crippen molar-refractivity contribution in [2.75, 3.05) is 12.0 Å². The molecule has 0 unspecified atom stereocenters. The van der Waals surface area contributed by atoms with Crippen molar-refractivity contribution in [2.24, 2.45) is 0 Å². The number of nitrogens with one attached hydrogen (secondary N) is 1. The minimum atomic E-state index is -0.399. The van der Waals surface area contributed by atoms with E-state index in [1.807, 2.05) is 17.8 Å². The van der Waals surface area contributed by atoms with E-state index in [1.165, 1.54) is 0 Å². The van der Waals surface area contributed by atoms with E-state index in [9.17, 15) is 4.39 Å². The SMILES string of the molecule is CCCn1nc(C)cc1CNc1cnn(CCF)c1.Cl. The van der Waals surface area contributed by atoms with Gasteiger partial charge in [0.1, 0.15) is 6.67 Å². The molecule has 7 heteroatoms. The number of rotatable bonds is 7. The standard InChI is InChI=1S/C13H20FN5.ClH/c1-3-5-19-13(7-11(2)17-19)9-15-12-8-16-18(10-12)6-4-14;/h7-8,10,15H,3-6,9H2,1-2H3;1H. The molecule has 20 heavy (non-hydrogen) atoms. The number of aryl methyl sites for hydroxylation is 3. The number of halogens is 2. The van der Waals surface area contributed by atoms with E-state index in [0.29, 0.717) is 13.1 Å². The van der Waals surface area contributed by atoms with Gasteiger partial charge in [-0.2, -0.15) is 10.2 Å². The van der Waals surface area contributed by atoms with Gasteiger partial charge in [0.25, 0.3) is 0 Å². The van der Waals surface area contributed by atoms with Crippen LogP contribution in [-0.4, -0.2) is 26.2 Å². The van der Waals surface area contributed by atoms with Crippen LogP contribution < -0.4 is 5.32 Å². The largest absolute Gasteiger partial charge is 0.377 e.